The van der Waals surface area contributed by atoms with Crippen LogP contribution in [-0.2, 0) is 18.4 Å². The van der Waals surface area contributed by atoms with Crippen LogP contribution in [0.2, 0.25) is 0 Å². The van der Waals surface area contributed by atoms with Crippen molar-refractivity contribution in [1.29, 1.82) is 0 Å². The lowest BCUT2D eigenvalue weighted by Crippen LogP contribution is -2.57. The molecule has 2 bridgehead atoms. The summed E-state index contributed by atoms with van der Waals surface area (Å²) >= 11 is 2.36. The summed E-state index contributed by atoms with van der Waals surface area (Å²) in [4.78, 5) is 2.67. The Morgan fingerprint density at radius 3 is 2.71 bits per heavy atom. The molecule has 1 N–H and O–H groups in total. The van der Waals surface area contributed by atoms with E-state index < -0.39 is 0 Å². The van der Waals surface area contributed by atoms with Crippen LogP contribution in [0.15, 0.2) is 42.5 Å². The van der Waals surface area contributed by atoms with Gasteiger partial charge in [0.2, 0.25) is 0 Å². The molecular formula is C21H24INO. The lowest BCUT2D eigenvalue weighted by atomic mass is 9.59. The van der Waals surface area contributed by atoms with Crippen molar-refractivity contribution >= 4 is 22.6 Å². The first kappa shape index (κ1) is 16.4. The van der Waals surface area contributed by atoms with Crippen LogP contribution in [0, 0.1) is 9.49 Å². The normalized spacial score (nSPS) is 29.3. The summed E-state index contributed by atoms with van der Waals surface area (Å²) in [6.45, 7) is 6.96. The van der Waals surface area contributed by atoms with Crippen molar-refractivity contribution in [1.82, 2.24) is 4.90 Å². The van der Waals surface area contributed by atoms with E-state index in [9.17, 15) is 5.11 Å². The molecule has 3 heteroatoms. The summed E-state index contributed by atoms with van der Waals surface area (Å²) in [6, 6.07) is 15.5. The number of rotatable bonds is 2. The Bertz CT molecular complexity index is 757. The van der Waals surface area contributed by atoms with Gasteiger partial charge >= 0.3 is 0 Å². The molecule has 2 aromatic rings. The first-order chi connectivity index (χ1) is 11.5. The van der Waals surface area contributed by atoms with E-state index in [1.807, 2.05) is 12.1 Å². The highest BCUT2D eigenvalue weighted by molar-refractivity contribution is 14.1. The Labute approximate surface area is 158 Å². The molecule has 0 unspecified atom stereocenters. The number of phenols is 1. The minimum absolute atomic E-state index is 0.180. The molecule has 0 aromatic heterocycles. The predicted molar refractivity (Wildman–Crippen MR) is 106 cm³/mol. The SMILES string of the molecule is C[C@@H]1[C@@H]2Cc3ccc(O)cc3[C@@]1(C)CCN2Cc1ccc(I)cc1. The molecule has 2 aliphatic rings. The summed E-state index contributed by atoms with van der Waals surface area (Å²) in [5.74, 6) is 1.01. The first-order valence-corrected chi connectivity index (χ1v) is 9.86. The Kier molecular flexibility index (Phi) is 4.12. The Balaban J connectivity index is 1.65. The number of phenolic OH excluding ortho intramolecular Hbond substituents is 1. The maximum absolute atomic E-state index is 9.94. The van der Waals surface area contributed by atoms with E-state index >= 15 is 0 Å². The van der Waals surface area contributed by atoms with Crippen LogP contribution in [0.5, 0.6) is 5.75 Å². The van der Waals surface area contributed by atoms with Crippen LogP contribution in [0.1, 0.15) is 37.0 Å². The van der Waals surface area contributed by atoms with Gasteiger partial charge < -0.3 is 5.11 Å². The van der Waals surface area contributed by atoms with Crippen molar-refractivity contribution in [3.05, 3.63) is 62.7 Å². The first-order valence-electron chi connectivity index (χ1n) is 8.78. The molecule has 126 valence electrons. The zero-order chi connectivity index (χ0) is 16.9. The number of piperidine rings is 1. The average molecular weight is 433 g/mol. The minimum atomic E-state index is 0.180. The van der Waals surface area contributed by atoms with E-state index in [1.165, 1.54) is 20.3 Å². The second-order valence-corrected chi connectivity index (χ2v) is 8.91. The summed E-state index contributed by atoms with van der Waals surface area (Å²) in [5.41, 5.74) is 4.38. The highest BCUT2D eigenvalue weighted by Gasteiger charge is 2.48. The fourth-order valence-corrected chi connectivity index (χ4v) is 5.08. The van der Waals surface area contributed by atoms with Gasteiger partial charge in [0.05, 0.1) is 0 Å². The topological polar surface area (TPSA) is 23.5 Å². The smallest absolute Gasteiger partial charge is 0.115 e. The number of aromatic hydroxyl groups is 1. The molecule has 2 aromatic carbocycles. The van der Waals surface area contributed by atoms with Crippen LogP contribution in [-0.4, -0.2) is 22.6 Å². The summed E-state index contributed by atoms with van der Waals surface area (Å²) in [5, 5.41) is 9.94. The molecule has 0 amide bonds. The molecule has 1 saturated heterocycles. The van der Waals surface area contributed by atoms with Gasteiger partial charge in [-0.3, -0.25) is 4.90 Å². The predicted octanol–water partition coefficient (Wildman–Crippen LogP) is 4.72. The van der Waals surface area contributed by atoms with Gasteiger partial charge in [0.25, 0.3) is 0 Å². The molecule has 0 radical (unpaired) electrons. The molecule has 0 spiro atoms. The number of likely N-dealkylation sites (tertiary alicyclic amines) is 1. The Hall–Kier alpha value is -1.07. The van der Waals surface area contributed by atoms with Gasteiger partial charge in [-0.15, -0.1) is 0 Å². The monoisotopic (exact) mass is 433 g/mol. The fourth-order valence-electron chi connectivity index (χ4n) is 4.72. The van der Waals surface area contributed by atoms with Crippen LogP contribution in [0.25, 0.3) is 0 Å². The van der Waals surface area contributed by atoms with Gasteiger partial charge in [0, 0.05) is 16.2 Å². The minimum Gasteiger partial charge on any atom is -0.508 e. The fraction of sp³-hybridized carbons (Fsp3) is 0.429. The van der Waals surface area contributed by atoms with Crippen molar-refractivity contribution in [3.63, 3.8) is 0 Å². The zero-order valence-corrected chi connectivity index (χ0v) is 16.5. The molecule has 3 atom stereocenters. The number of hydrogen-bond acceptors (Lipinski definition) is 2. The second kappa shape index (κ2) is 6.03. The Morgan fingerprint density at radius 1 is 1.21 bits per heavy atom. The molecule has 1 fully saturated rings. The van der Waals surface area contributed by atoms with Crippen molar-refractivity contribution in [3.8, 4) is 5.75 Å². The third-order valence-electron chi connectivity index (χ3n) is 6.41. The van der Waals surface area contributed by atoms with Gasteiger partial charge in [-0.25, -0.2) is 0 Å². The van der Waals surface area contributed by atoms with Gasteiger partial charge in [0.15, 0.2) is 0 Å². The third-order valence-corrected chi connectivity index (χ3v) is 7.13. The van der Waals surface area contributed by atoms with Gasteiger partial charge in [-0.2, -0.15) is 0 Å². The van der Waals surface area contributed by atoms with Gasteiger partial charge in [0.1, 0.15) is 5.75 Å². The van der Waals surface area contributed by atoms with E-state index in [0.717, 1.165) is 25.9 Å². The van der Waals surface area contributed by atoms with Crippen LogP contribution in [0.3, 0.4) is 0 Å². The quantitative estimate of drug-likeness (QED) is 0.693. The van der Waals surface area contributed by atoms with Crippen molar-refractivity contribution in [2.75, 3.05) is 6.54 Å². The molecule has 0 saturated carbocycles. The lowest BCUT2D eigenvalue weighted by molar-refractivity contribution is 0.0258. The summed E-state index contributed by atoms with van der Waals surface area (Å²) < 4.78 is 1.29. The molecule has 1 aliphatic heterocycles. The molecule has 4 rings (SSSR count). The zero-order valence-electron chi connectivity index (χ0n) is 14.3. The molecule has 2 nitrogen and oxygen atoms in total. The van der Waals surface area contributed by atoms with Crippen molar-refractivity contribution < 1.29 is 5.11 Å². The van der Waals surface area contributed by atoms with E-state index in [1.54, 1.807) is 0 Å². The average Bonchev–Trinajstić information content (AvgIpc) is 2.56. The maximum atomic E-state index is 9.94. The molecule has 24 heavy (non-hydrogen) atoms. The Morgan fingerprint density at radius 2 is 1.96 bits per heavy atom. The van der Waals surface area contributed by atoms with Gasteiger partial charge in [-0.05, 0) is 94.3 Å². The van der Waals surface area contributed by atoms with E-state index in [0.29, 0.717) is 17.7 Å². The van der Waals surface area contributed by atoms with Crippen molar-refractivity contribution in [2.45, 2.75) is 44.7 Å². The largest absolute Gasteiger partial charge is 0.508 e. The highest BCUT2D eigenvalue weighted by atomic mass is 127. The number of halogens is 1. The highest BCUT2D eigenvalue weighted by Crippen LogP contribution is 2.49. The second-order valence-electron chi connectivity index (χ2n) is 7.67. The van der Waals surface area contributed by atoms with Crippen LogP contribution in [0.4, 0.5) is 0 Å². The van der Waals surface area contributed by atoms with Gasteiger partial charge in [-0.1, -0.05) is 32.0 Å². The standard InChI is InChI=1S/C21H24INO/c1-14-20-11-16-5-8-18(24)12-19(16)21(14,2)9-10-23(20)13-15-3-6-17(22)7-4-15/h3-8,12,14,20,24H,9-11,13H2,1-2H3/t14-,20+,21+/m1/s1. The summed E-state index contributed by atoms with van der Waals surface area (Å²) in [7, 11) is 0. The van der Waals surface area contributed by atoms with Crippen LogP contribution >= 0.6 is 22.6 Å². The molecule has 1 heterocycles. The summed E-state index contributed by atoms with van der Waals surface area (Å²) in [6.07, 6.45) is 2.25. The third kappa shape index (κ3) is 2.66. The number of benzene rings is 2. The van der Waals surface area contributed by atoms with E-state index in [2.05, 4.69) is 71.7 Å². The van der Waals surface area contributed by atoms with Crippen molar-refractivity contribution in [2.24, 2.45) is 5.92 Å². The maximum Gasteiger partial charge on any atom is 0.115 e. The molecule has 1 aliphatic carbocycles. The van der Waals surface area contributed by atoms with E-state index in [-0.39, 0.29) is 5.41 Å². The lowest BCUT2D eigenvalue weighted by Gasteiger charge is -2.54. The van der Waals surface area contributed by atoms with Crippen LogP contribution < -0.4 is 0 Å². The molecular weight excluding hydrogens is 409 g/mol. The number of hydrogen-bond donors (Lipinski definition) is 1. The van der Waals surface area contributed by atoms with E-state index in [4.69, 9.17) is 0 Å². The number of nitrogens with zero attached hydrogens (tertiary/aromatic N) is 1. The number of fused-ring (bicyclic) bond motifs is 4.